The van der Waals surface area contributed by atoms with Crippen molar-refractivity contribution < 1.29 is 19.1 Å². The standard InChI is InChI=1S/C13H16ClN3O4/c1-4-5-21-12-10(14)6-9(15-8-16-20-3)7-11(12)17-13(18)19-2/h4,6-8H,1,5H2,2-3H3,(H,15,16)(H,17,18). The number of rotatable bonds is 7. The Morgan fingerprint density at radius 2 is 2.24 bits per heavy atom. The number of methoxy groups -OCH3 is 1. The van der Waals surface area contributed by atoms with E-state index in [9.17, 15) is 4.79 Å². The third-order valence-electron chi connectivity index (χ3n) is 2.18. The number of carbonyl (C=O) groups is 1. The zero-order valence-electron chi connectivity index (χ0n) is 11.7. The summed E-state index contributed by atoms with van der Waals surface area (Å²) in [7, 11) is 2.71. The summed E-state index contributed by atoms with van der Waals surface area (Å²) in [6, 6.07) is 3.16. The van der Waals surface area contributed by atoms with E-state index in [0.29, 0.717) is 17.1 Å². The zero-order chi connectivity index (χ0) is 15.7. The first-order chi connectivity index (χ1) is 10.1. The van der Waals surface area contributed by atoms with E-state index in [2.05, 4.69) is 31.9 Å². The predicted molar refractivity (Wildman–Crippen MR) is 81.5 cm³/mol. The lowest BCUT2D eigenvalue weighted by atomic mass is 10.2. The van der Waals surface area contributed by atoms with Gasteiger partial charge in [-0.15, -0.1) is 0 Å². The molecule has 0 aliphatic heterocycles. The number of ether oxygens (including phenoxy) is 2. The van der Waals surface area contributed by atoms with Gasteiger partial charge < -0.3 is 9.47 Å². The molecule has 8 heteroatoms. The SMILES string of the molecule is C=CCOc1c(Cl)cc(N=CNOC)cc1NC(=O)OC. The van der Waals surface area contributed by atoms with Crippen LogP contribution in [0.15, 0.2) is 29.8 Å². The Morgan fingerprint density at radius 1 is 1.48 bits per heavy atom. The second kappa shape index (κ2) is 8.83. The maximum atomic E-state index is 11.4. The highest BCUT2D eigenvalue weighted by Gasteiger charge is 2.13. The molecule has 0 radical (unpaired) electrons. The van der Waals surface area contributed by atoms with Gasteiger partial charge in [-0.1, -0.05) is 24.3 Å². The van der Waals surface area contributed by atoms with Crippen LogP contribution in [0.25, 0.3) is 0 Å². The number of hydrogen-bond donors (Lipinski definition) is 2. The number of benzene rings is 1. The Hall–Kier alpha value is -2.25. The molecule has 1 aromatic carbocycles. The van der Waals surface area contributed by atoms with Crippen LogP contribution in [0.4, 0.5) is 16.2 Å². The van der Waals surface area contributed by atoms with Crippen LogP contribution >= 0.6 is 11.6 Å². The number of nitrogens with zero attached hydrogens (tertiary/aromatic N) is 1. The minimum Gasteiger partial charge on any atom is -0.486 e. The molecule has 0 saturated heterocycles. The first kappa shape index (κ1) is 16.8. The number of nitrogens with one attached hydrogen (secondary N) is 2. The average molecular weight is 314 g/mol. The van der Waals surface area contributed by atoms with Crippen molar-refractivity contribution in [3.8, 4) is 5.75 Å². The average Bonchev–Trinajstić information content (AvgIpc) is 2.46. The van der Waals surface area contributed by atoms with E-state index in [0.717, 1.165) is 0 Å². The normalized spacial score (nSPS) is 10.2. The Bertz CT molecular complexity index is 534. The molecule has 0 bridgehead atoms. The fourth-order valence-corrected chi connectivity index (χ4v) is 1.62. The Balaban J connectivity index is 3.11. The number of aliphatic imine (C=N–C) groups is 1. The summed E-state index contributed by atoms with van der Waals surface area (Å²) in [6.45, 7) is 3.79. The van der Waals surface area contributed by atoms with Crippen molar-refractivity contribution in [2.24, 2.45) is 4.99 Å². The predicted octanol–water partition coefficient (Wildman–Crippen LogP) is 2.89. The van der Waals surface area contributed by atoms with Crippen LogP contribution in [0.2, 0.25) is 5.02 Å². The molecule has 0 aliphatic carbocycles. The molecule has 1 amide bonds. The molecule has 21 heavy (non-hydrogen) atoms. The molecular formula is C13H16ClN3O4. The number of amides is 1. The summed E-state index contributed by atoms with van der Waals surface area (Å²) in [5.41, 5.74) is 3.27. The summed E-state index contributed by atoms with van der Waals surface area (Å²) >= 11 is 6.13. The molecule has 0 aromatic heterocycles. The molecule has 1 aromatic rings. The Kier molecular flexibility index (Phi) is 7.06. The number of carbonyl (C=O) groups excluding carboxylic acids is 1. The highest BCUT2D eigenvalue weighted by Crippen LogP contribution is 2.37. The fourth-order valence-electron chi connectivity index (χ4n) is 1.35. The van der Waals surface area contributed by atoms with Gasteiger partial charge in [-0.3, -0.25) is 15.6 Å². The zero-order valence-corrected chi connectivity index (χ0v) is 12.4. The molecule has 114 valence electrons. The molecule has 0 saturated carbocycles. The highest BCUT2D eigenvalue weighted by atomic mass is 35.5. The molecule has 2 N–H and O–H groups in total. The number of hydroxylamine groups is 1. The van der Waals surface area contributed by atoms with Gasteiger partial charge in [0.15, 0.2) is 5.75 Å². The minimum atomic E-state index is -0.648. The van der Waals surface area contributed by atoms with Gasteiger partial charge >= 0.3 is 6.09 Å². The van der Waals surface area contributed by atoms with Gasteiger partial charge in [-0.25, -0.2) is 9.79 Å². The molecule has 0 atom stereocenters. The Labute approximate surface area is 127 Å². The van der Waals surface area contributed by atoms with E-state index < -0.39 is 6.09 Å². The van der Waals surface area contributed by atoms with Gasteiger partial charge in [0.2, 0.25) is 0 Å². The summed E-state index contributed by atoms with van der Waals surface area (Å²) in [5.74, 6) is 0.306. The first-order valence-electron chi connectivity index (χ1n) is 5.85. The fraction of sp³-hybridized carbons (Fsp3) is 0.231. The molecule has 0 spiro atoms. The summed E-state index contributed by atoms with van der Waals surface area (Å²) in [5, 5.41) is 2.80. The van der Waals surface area contributed by atoms with Gasteiger partial charge in [0, 0.05) is 0 Å². The molecule has 1 rings (SSSR count). The van der Waals surface area contributed by atoms with Crippen molar-refractivity contribution in [3.63, 3.8) is 0 Å². The second-order valence-electron chi connectivity index (χ2n) is 3.60. The number of anilines is 1. The van der Waals surface area contributed by atoms with Crippen LogP contribution in [-0.4, -0.2) is 33.3 Å². The van der Waals surface area contributed by atoms with Crippen LogP contribution in [0, 0.1) is 0 Å². The maximum absolute atomic E-state index is 11.4. The van der Waals surface area contributed by atoms with Crippen LogP contribution in [0.3, 0.4) is 0 Å². The molecule has 0 heterocycles. The van der Waals surface area contributed by atoms with Crippen molar-refractivity contribution in [3.05, 3.63) is 29.8 Å². The van der Waals surface area contributed by atoms with Gasteiger partial charge in [0.25, 0.3) is 0 Å². The highest BCUT2D eigenvalue weighted by molar-refractivity contribution is 6.33. The van der Waals surface area contributed by atoms with Crippen molar-refractivity contribution in [1.29, 1.82) is 0 Å². The summed E-state index contributed by atoms with van der Waals surface area (Å²) < 4.78 is 9.98. The van der Waals surface area contributed by atoms with Crippen LogP contribution in [0.1, 0.15) is 0 Å². The molecule has 7 nitrogen and oxygen atoms in total. The third-order valence-corrected chi connectivity index (χ3v) is 2.46. The molecular weight excluding hydrogens is 298 g/mol. The lowest BCUT2D eigenvalue weighted by Crippen LogP contribution is -2.12. The monoisotopic (exact) mass is 313 g/mol. The topological polar surface area (TPSA) is 81.2 Å². The van der Waals surface area contributed by atoms with Gasteiger partial charge in [0.1, 0.15) is 12.9 Å². The van der Waals surface area contributed by atoms with E-state index in [4.69, 9.17) is 16.3 Å². The molecule has 0 fully saturated rings. The largest absolute Gasteiger partial charge is 0.486 e. The van der Waals surface area contributed by atoms with Crippen molar-refractivity contribution in [1.82, 2.24) is 5.48 Å². The van der Waals surface area contributed by atoms with Crippen LogP contribution in [0.5, 0.6) is 5.75 Å². The van der Waals surface area contributed by atoms with Gasteiger partial charge in [-0.2, -0.15) is 0 Å². The van der Waals surface area contributed by atoms with Gasteiger partial charge in [0.05, 0.1) is 30.6 Å². The first-order valence-corrected chi connectivity index (χ1v) is 6.23. The van der Waals surface area contributed by atoms with Crippen molar-refractivity contribution in [2.45, 2.75) is 0 Å². The van der Waals surface area contributed by atoms with Gasteiger partial charge in [-0.05, 0) is 12.1 Å². The quantitative estimate of drug-likeness (QED) is 0.350. The third kappa shape index (κ3) is 5.33. The van der Waals surface area contributed by atoms with E-state index in [1.165, 1.54) is 20.6 Å². The second-order valence-corrected chi connectivity index (χ2v) is 4.01. The lowest BCUT2D eigenvalue weighted by Gasteiger charge is -2.13. The van der Waals surface area contributed by atoms with E-state index in [1.807, 2.05) is 0 Å². The van der Waals surface area contributed by atoms with Crippen molar-refractivity contribution in [2.75, 3.05) is 26.1 Å². The van der Waals surface area contributed by atoms with E-state index in [-0.39, 0.29) is 11.6 Å². The molecule has 0 unspecified atom stereocenters. The summed E-state index contributed by atoms with van der Waals surface area (Å²) in [6.07, 6.45) is 2.25. The van der Waals surface area contributed by atoms with Crippen LogP contribution in [-0.2, 0) is 9.57 Å². The number of halogens is 1. The number of hydrogen-bond acceptors (Lipinski definition) is 5. The van der Waals surface area contributed by atoms with E-state index >= 15 is 0 Å². The van der Waals surface area contributed by atoms with E-state index in [1.54, 1.807) is 18.2 Å². The summed E-state index contributed by atoms with van der Waals surface area (Å²) in [4.78, 5) is 20.1. The van der Waals surface area contributed by atoms with Crippen molar-refractivity contribution >= 4 is 35.4 Å². The smallest absolute Gasteiger partial charge is 0.411 e. The van der Waals surface area contributed by atoms with Crippen LogP contribution < -0.4 is 15.5 Å². The minimum absolute atomic E-state index is 0.240. The Morgan fingerprint density at radius 3 is 2.86 bits per heavy atom. The molecule has 0 aliphatic rings. The maximum Gasteiger partial charge on any atom is 0.411 e. The lowest BCUT2D eigenvalue weighted by molar-refractivity contribution is 0.148.